The Labute approximate surface area is 113 Å². The van der Waals surface area contributed by atoms with Crippen molar-refractivity contribution in [2.24, 2.45) is 0 Å². The maximum atomic E-state index is 12.4. The number of carbonyl (C=O) groups is 1. The molecule has 1 amide bonds. The van der Waals surface area contributed by atoms with Crippen molar-refractivity contribution in [2.75, 3.05) is 25.5 Å². The summed E-state index contributed by atoms with van der Waals surface area (Å²) in [5, 5.41) is 0. The highest BCUT2D eigenvalue weighted by molar-refractivity contribution is 5.93. The van der Waals surface area contributed by atoms with Gasteiger partial charge in [0.15, 0.2) is 6.54 Å². The fourth-order valence-electron chi connectivity index (χ4n) is 1.89. The Morgan fingerprint density at radius 3 is 2.53 bits per heavy atom. The van der Waals surface area contributed by atoms with Crippen LogP contribution in [-0.2, 0) is 11.3 Å². The van der Waals surface area contributed by atoms with Crippen molar-refractivity contribution in [3.05, 3.63) is 54.5 Å². The third-order valence-corrected chi connectivity index (χ3v) is 2.79. The molecule has 0 saturated heterocycles. The van der Waals surface area contributed by atoms with Gasteiger partial charge in [-0.1, -0.05) is 18.2 Å². The summed E-state index contributed by atoms with van der Waals surface area (Å²) in [6, 6.07) is 11.6. The molecule has 4 nitrogen and oxygen atoms in total. The highest BCUT2D eigenvalue weighted by Gasteiger charge is 2.18. The number of carbonyl (C=O) groups excluding carboxylic acids is 1. The van der Waals surface area contributed by atoms with E-state index in [-0.39, 0.29) is 5.91 Å². The maximum Gasteiger partial charge on any atom is 0.282 e. The maximum absolute atomic E-state index is 12.4. The number of hydrogen-bond acceptors (Lipinski definition) is 2. The molecule has 1 aromatic heterocycles. The highest BCUT2D eigenvalue weighted by Crippen LogP contribution is 2.17. The molecular weight excluding hydrogens is 240 g/mol. The van der Waals surface area contributed by atoms with E-state index in [1.807, 2.05) is 50.5 Å². The minimum absolute atomic E-state index is 0.104. The molecule has 0 atom stereocenters. The van der Waals surface area contributed by atoms with Gasteiger partial charge in [-0.15, -0.1) is 0 Å². The Bertz CT molecular complexity index is 506. The van der Waals surface area contributed by atoms with Crippen LogP contribution in [0.5, 0.6) is 0 Å². The number of likely N-dealkylation sites (N-methyl/N-ethyl adjacent to an activating group) is 1. The van der Waals surface area contributed by atoms with Gasteiger partial charge in [0.25, 0.3) is 5.91 Å². The average molecular weight is 259 g/mol. The van der Waals surface area contributed by atoms with Gasteiger partial charge in [0, 0.05) is 11.3 Å². The van der Waals surface area contributed by atoms with Crippen LogP contribution in [0.1, 0.15) is 5.56 Å². The quantitative estimate of drug-likeness (QED) is 0.868. The van der Waals surface area contributed by atoms with Gasteiger partial charge in [-0.25, -0.2) is 0 Å². The zero-order valence-electron chi connectivity index (χ0n) is 11.3. The van der Waals surface area contributed by atoms with Crippen molar-refractivity contribution >= 4 is 11.6 Å². The number of para-hydroxylation sites is 1. The van der Waals surface area contributed by atoms with E-state index < -0.39 is 0 Å². The predicted octanol–water partition coefficient (Wildman–Crippen LogP) is 0.957. The summed E-state index contributed by atoms with van der Waals surface area (Å²) < 4.78 is 5.07. The van der Waals surface area contributed by atoms with E-state index in [1.165, 1.54) is 0 Å². The zero-order valence-corrected chi connectivity index (χ0v) is 11.3. The summed E-state index contributed by atoms with van der Waals surface area (Å²) in [5.41, 5.74) is 1.90. The number of nitrogens with zero attached hydrogens (tertiary/aromatic N) is 1. The van der Waals surface area contributed by atoms with E-state index in [1.54, 1.807) is 17.4 Å². The topological polar surface area (TPSA) is 37.9 Å². The molecule has 1 aromatic carbocycles. The number of amides is 1. The SMILES string of the molecule is C[NH+](C)CC(=O)N(Cc1ccoc1)c1ccccc1. The fraction of sp³-hybridized carbons (Fsp3) is 0.267. The molecule has 0 bridgehead atoms. The van der Waals surface area contributed by atoms with Crippen molar-refractivity contribution in [2.45, 2.75) is 6.54 Å². The Morgan fingerprint density at radius 2 is 1.95 bits per heavy atom. The lowest BCUT2D eigenvalue weighted by Gasteiger charge is -2.22. The number of anilines is 1. The van der Waals surface area contributed by atoms with Crippen molar-refractivity contribution in [1.82, 2.24) is 0 Å². The monoisotopic (exact) mass is 259 g/mol. The lowest BCUT2D eigenvalue weighted by Crippen LogP contribution is -3.07. The second-order valence-electron chi connectivity index (χ2n) is 4.83. The Balaban J connectivity index is 2.20. The Kier molecular flexibility index (Phi) is 4.36. The molecule has 19 heavy (non-hydrogen) atoms. The van der Waals surface area contributed by atoms with E-state index in [9.17, 15) is 4.79 Å². The van der Waals surface area contributed by atoms with Gasteiger partial charge in [0.05, 0.1) is 33.2 Å². The molecule has 1 N–H and O–H groups in total. The predicted molar refractivity (Wildman–Crippen MR) is 74.0 cm³/mol. The fourth-order valence-corrected chi connectivity index (χ4v) is 1.89. The summed E-state index contributed by atoms with van der Waals surface area (Å²) in [6.07, 6.45) is 3.30. The van der Waals surface area contributed by atoms with Gasteiger partial charge in [0.1, 0.15) is 0 Å². The lowest BCUT2D eigenvalue weighted by atomic mass is 10.2. The van der Waals surface area contributed by atoms with Crippen LogP contribution >= 0.6 is 0 Å². The van der Waals surface area contributed by atoms with Crippen LogP contribution in [0.4, 0.5) is 5.69 Å². The van der Waals surface area contributed by atoms with Crippen molar-refractivity contribution < 1.29 is 14.1 Å². The van der Waals surface area contributed by atoms with Crippen LogP contribution in [0, 0.1) is 0 Å². The van der Waals surface area contributed by atoms with Gasteiger partial charge in [-0.3, -0.25) is 4.79 Å². The molecule has 1 heterocycles. The van der Waals surface area contributed by atoms with Gasteiger partial charge in [-0.05, 0) is 18.2 Å². The van der Waals surface area contributed by atoms with E-state index >= 15 is 0 Å². The molecule has 0 saturated carbocycles. The highest BCUT2D eigenvalue weighted by atomic mass is 16.3. The van der Waals surface area contributed by atoms with Crippen molar-refractivity contribution in [1.29, 1.82) is 0 Å². The Hall–Kier alpha value is -2.07. The molecule has 100 valence electrons. The number of furan rings is 1. The summed E-state index contributed by atoms with van der Waals surface area (Å²) in [5.74, 6) is 0.104. The van der Waals surface area contributed by atoms with Gasteiger partial charge in [0.2, 0.25) is 0 Å². The van der Waals surface area contributed by atoms with Crippen LogP contribution in [0.3, 0.4) is 0 Å². The minimum atomic E-state index is 0.104. The largest absolute Gasteiger partial charge is 0.472 e. The van der Waals surface area contributed by atoms with Crippen molar-refractivity contribution in [3.8, 4) is 0 Å². The molecule has 4 heteroatoms. The number of quaternary nitrogens is 1. The first-order valence-corrected chi connectivity index (χ1v) is 6.32. The van der Waals surface area contributed by atoms with Crippen LogP contribution in [0.25, 0.3) is 0 Å². The molecule has 0 aliphatic carbocycles. The van der Waals surface area contributed by atoms with Crippen LogP contribution < -0.4 is 9.80 Å². The molecule has 0 spiro atoms. The first kappa shape index (κ1) is 13.4. The molecular formula is C15H19N2O2+. The minimum Gasteiger partial charge on any atom is -0.472 e. The normalized spacial score (nSPS) is 10.7. The van der Waals surface area contributed by atoms with Gasteiger partial charge < -0.3 is 14.2 Å². The summed E-state index contributed by atoms with van der Waals surface area (Å²) >= 11 is 0. The first-order chi connectivity index (χ1) is 9.16. The standard InChI is InChI=1S/C15H18N2O2/c1-16(2)11-15(18)17(10-13-8-9-19-12-13)14-6-4-3-5-7-14/h3-9,12H,10-11H2,1-2H3/p+1. The lowest BCUT2D eigenvalue weighted by molar-refractivity contribution is -0.849. The number of benzene rings is 1. The van der Waals surface area contributed by atoms with E-state index in [0.717, 1.165) is 16.2 Å². The molecule has 2 aromatic rings. The van der Waals surface area contributed by atoms with Crippen molar-refractivity contribution in [3.63, 3.8) is 0 Å². The third-order valence-electron chi connectivity index (χ3n) is 2.79. The third kappa shape index (κ3) is 3.69. The number of nitrogens with one attached hydrogen (secondary N) is 1. The van der Waals surface area contributed by atoms with E-state index in [0.29, 0.717) is 13.1 Å². The molecule has 0 aliphatic rings. The zero-order chi connectivity index (χ0) is 13.7. The second-order valence-corrected chi connectivity index (χ2v) is 4.83. The summed E-state index contributed by atoms with van der Waals surface area (Å²) in [4.78, 5) is 15.3. The molecule has 0 unspecified atom stereocenters. The van der Waals surface area contributed by atoms with Crippen LogP contribution in [0.2, 0.25) is 0 Å². The molecule has 0 radical (unpaired) electrons. The molecule has 2 rings (SSSR count). The van der Waals surface area contributed by atoms with E-state index in [4.69, 9.17) is 4.42 Å². The Morgan fingerprint density at radius 1 is 1.21 bits per heavy atom. The summed E-state index contributed by atoms with van der Waals surface area (Å²) in [7, 11) is 3.94. The van der Waals surface area contributed by atoms with E-state index in [2.05, 4.69) is 0 Å². The smallest absolute Gasteiger partial charge is 0.282 e. The first-order valence-electron chi connectivity index (χ1n) is 6.32. The van der Waals surface area contributed by atoms with Gasteiger partial charge >= 0.3 is 0 Å². The number of hydrogen-bond donors (Lipinski definition) is 1. The number of rotatable bonds is 5. The molecule has 0 fully saturated rings. The second kappa shape index (κ2) is 6.20. The van der Waals surface area contributed by atoms with Crippen LogP contribution in [0.15, 0.2) is 53.3 Å². The van der Waals surface area contributed by atoms with Gasteiger partial charge in [-0.2, -0.15) is 0 Å². The molecule has 0 aliphatic heterocycles. The average Bonchev–Trinajstić information content (AvgIpc) is 2.89. The summed E-state index contributed by atoms with van der Waals surface area (Å²) in [6.45, 7) is 0.999. The van der Waals surface area contributed by atoms with Crippen LogP contribution in [-0.4, -0.2) is 26.5 Å².